The number of nitrogens with zero attached hydrogens (tertiary/aromatic N) is 2. The Kier molecular flexibility index (Phi) is 4.72. The van der Waals surface area contributed by atoms with Gasteiger partial charge in [-0.15, -0.1) is 11.3 Å². The first-order valence-corrected chi connectivity index (χ1v) is 9.77. The van der Waals surface area contributed by atoms with Crippen molar-refractivity contribution >= 4 is 34.1 Å². The summed E-state index contributed by atoms with van der Waals surface area (Å²) in [6.07, 6.45) is 0. The molecule has 3 aromatic rings. The number of thiophene rings is 1. The van der Waals surface area contributed by atoms with Crippen molar-refractivity contribution in [3.05, 3.63) is 63.5 Å². The van der Waals surface area contributed by atoms with Crippen molar-refractivity contribution in [3.8, 4) is 28.7 Å². The van der Waals surface area contributed by atoms with Crippen LogP contribution in [0.4, 0.5) is 5.00 Å². The van der Waals surface area contributed by atoms with Crippen molar-refractivity contribution in [1.82, 2.24) is 0 Å². The molecule has 9 heteroatoms. The number of imide groups is 1. The summed E-state index contributed by atoms with van der Waals surface area (Å²) in [6.45, 7) is 1.78. The van der Waals surface area contributed by atoms with Gasteiger partial charge in [-0.3, -0.25) is 9.59 Å². The van der Waals surface area contributed by atoms with E-state index in [-0.39, 0.29) is 21.7 Å². The molecule has 154 valence electrons. The van der Waals surface area contributed by atoms with Crippen LogP contribution in [0.2, 0.25) is 0 Å². The molecule has 8 nitrogen and oxygen atoms in total. The van der Waals surface area contributed by atoms with Crippen LogP contribution in [0.15, 0.2) is 36.4 Å². The van der Waals surface area contributed by atoms with Crippen LogP contribution in [0.25, 0.3) is 11.1 Å². The van der Waals surface area contributed by atoms with Gasteiger partial charge in [-0.25, -0.2) is 9.69 Å². The second-order valence-corrected chi connectivity index (χ2v) is 7.92. The summed E-state index contributed by atoms with van der Waals surface area (Å²) >= 11 is 1.11. The van der Waals surface area contributed by atoms with Gasteiger partial charge in [0.25, 0.3) is 11.8 Å². The van der Waals surface area contributed by atoms with Crippen LogP contribution < -0.4 is 9.64 Å². The maximum Gasteiger partial charge on any atom is 0.339 e. The highest BCUT2D eigenvalue weighted by Gasteiger charge is 2.41. The Morgan fingerprint density at radius 2 is 1.74 bits per heavy atom. The highest BCUT2D eigenvalue weighted by atomic mass is 32.1. The summed E-state index contributed by atoms with van der Waals surface area (Å²) in [6, 6.07) is 11.1. The first-order chi connectivity index (χ1) is 14.8. The maximum absolute atomic E-state index is 13.0. The molecule has 0 radical (unpaired) electrons. The lowest BCUT2D eigenvalue weighted by Gasteiger charge is -2.12. The number of hydrogen-bond acceptors (Lipinski definition) is 7. The quantitative estimate of drug-likeness (QED) is 0.598. The first-order valence-electron chi connectivity index (χ1n) is 8.95. The number of aromatic carboxylic acids is 1. The number of methoxy groups -OCH3 is 1. The normalized spacial score (nSPS) is 12.6. The van der Waals surface area contributed by atoms with Gasteiger partial charge in [0.2, 0.25) is 0 Å². The zero-order chi connectivity index (χ0) is 22.4. The van der Waals surface area contributed by atoms with Gasteiger partial charge in [-0.05, 0) is 36.8 Å². The number of fused-ring (bicyclic) bond motifs is 1. The molecule has 2 amide bonds. The van der Waals surface area contributed by atoms with Crippen LogP contribution in [0, 0.1) is 18.3 Å². The predicted octanol–water partition coefficient (Wildman–Crippen LogP) is 3.81. The van der Waals surface area contributed by atoms with E-state index in [1.807, 2.05) is 0 Å². The van der Waals surface area contributed by atoms with Crippen LogP contribution in [-0.4, -0.2) is 35.1 Å². The molecule has 1 aromatic heterocycles. The Bertz CT molecular complexity index is 1320. The standard InChI is InChI=1S/C22H14N2O6S/c1-10-18(11-3-5-12(30-2)6-4-11)16(9-23)21(31-10)24-19(26)13-7-15(22(28)29)17(25)8-14(13)20(24)27/h3-8,25H,1-2H3,(H,28,29). The monoisotopic (exact) mass is 434 g/mol. The third-order valence-corrected chi connectivity index (χ3v) is 6.08. The van der Waals surface area contributed by atoms with E-state index in [0.717, 1.165) is 38.8 Å². The third-order valence-electron chi connectivity index (χ3n) is 4.99. The van der Waals surface area contributed by atoms with Gasteiger partial charge in [0.15, 0.2) is 0 Å². The molecule has 1 aliphatic heterocycles. The van der Waals surface area contributed by atoms with E-state index in [9.17, 15) is 29.9 Å². The van der Waals surface area contributed by atoms with E-state index in [4.69, 9.17) is 4.74 Å². The molecule has 0 saturated carbocycles. The Labute approximate surface area is 180 Å². The highest BCUT2D eigenvalue weighted by Crippen LogP contribution is 2.44. The smallest absolute Gasteiger partial charge is 0.339 e. The van der Waals surface area contributed by atoms with Gasteiger partial charge in [0.05, 0.1) is 23.8 Å². The van der Waals surface area contributed by atoms with Gasteiger partial charge in [-0.1, -0.05) is 12.1 Å². The molecule has 2 N–H and O–H groups in total. The molecule has 0 fully saturated rings. The van der Waals surface area contributed by atoms with Crippen LogP contribution in [0.5, 0.6) is 11.5 Å². The van der Waals surface area contributed by atoms with Crippen molar-refractivity contribution in [2.45, 2.75) is 6.92 Å². The molecule has 2 heterocycles. The van der Waals surface area contributed by atoms with E-state index >= 15 is 0 Å². The number of aromatic hydroxyl groups is 1. The number of carboxylic acid groups (broad SMARTS) is 1. The van der Waals surface area contributed by atoms with Crippen molar-refractivity contribution in [3.63, 3.8) is 0 Å². The predicted molar refractivity (Wildman–Crippen MR) is 112 cm³/mol. The summed E-state index contributed by atoms with van der Waals surface area (Å²) in [5.41, 5.74) is 0.735. The molecule has 0 unspecified atom stereocenters. The van der Waals surface area contributed by atoms with Crippen molar-refractivity contribution < 1.29 is 29.3 Å². The molecule has 0 atom stereocenters. The zero-order valence-electron chi connectivity index (χ0n) is 16.3. The van der Waals surface area contributed by atoms with E-state index < -0.39 is 29.1 Å². The van der Waals surface area contributed by atoms with E-state index in [0.29, 0.717) is 11.3 Å². The number of benzene rings is 2. The molecule has 0 bridgehead atoms. The molecule has 1 aliphatic rings. The number of aryl methyl sites for hydroxylation is 1. The van der Waals surface area contributed by atoms with Gasteiger partial charge >= 0.3 is 5.97 Å². The second-order valence-electron chi connectivity index (χ2n) is 6.72. The fourth-order valence-electron chi connectivity index (χ4n) is 3.53. The molecule has 4 rings (SSSR count). The summed E-state index contributed by atoms with van der Waals surface area (Å²) in [7, 11) is 1.54. The minimum atomic E-state index is -1.43. The Hall–Kier alpha value is -4.16. The summed E-state index contributed by atoms with van der Waals surface area (Å²) in [5, 5.41) is 29.1. The highest BCUT2D eigenvalue weighted by molar-refractivity contribution is 7.17. The summed E-state index contributed by atoms with van der Waals surface area (Å²) in [5.74, 6) is -2.88. The topological polar surface area (TPSA) is 128 Å². The molecular formula is C22H14N2O6S. The molecule has 31 heavy (non-hydrogen) atoms. The minimum Gasteiger partial charge on any atom is -0.507 e. The minimum absolute atomic E-state index is 0.117. The van der Waals surface area contributed by atoms with Gasteiger partial charge in [0.1, 0.15) is 28.1 Å². The number of amides is 2. The first kappa shape index (κ1) is 20.1. The fourth-order valence-corrected chi connectivity index (χ4v) is 4.65. The van der Waals surface area contributed by atoms with Crippen LogP contribution in [0.1, 0.15) is 41.5 Å². The summed E-state index contributed by atoms with van der Waals surface area (Å²) < 4.78 is 5.16. The SMILES string of the molecule is COc1ccc(-c2c(C)sc(N3C(=O)c4cc(O)c(C(=O)O)cc4C3=O)c2C#N)cc1. The van der Waals surface area contributed by atoms with E-state index in [1.54, 1.807) is 38.3 Å². The lowest BCUT2D eigenvalue weighted by molar-refractivity contribution is 0.0693. The van der Waals surface area contributed by atoms with E-state index in [2.05, 4.69) is 6.07 Å². The van der Waals surface area contributed by atoms with Crippen molar-refractivity contribution in [2.24, 2.45) is 0 Å². The number of ether oxygens (including phenoxy) is 1. The average Bonchev–Trinajstić information content (AvgIpc) is 3.20. The van der Waals surface area contributed by atoms with Crippen molar-refractivity contribution in [2.75, 3.05) is 12.0 Å². The molecule has 0 spiro atoms. The van der Waals surface area contributed by atoms with Gasteiger partial charge < -0.3 is 14.9 Å². The fraction of sp³-hybridized carbons (Fsp3) is 0.0909. The van der Waals surface area contributed by atoms with Crippen LogP contribution in [-0.2, 0) is 0 Å². The number of carboxylic acids is 1. The molecule has 0 aliphatic carbocycles. The number of phenols is 1. The Morgan fingerprint density at radius 3 is 2.29 bits per heavy atom. The number of nitriles is 1. The molecule has 2 aromatic carbocycles. The van der Waals surface area contributed by atoms with E-state index in [1.165, 1.54) is 0 Å². The van der Waals surface area contributed by atoms with Crippen molar-refractivity contribution in [1.29, 1.82) is 5.26 Å². The van der Waals surface area contributed by atoms with Crippen LogP contribution >= 0.6 is 11.3 Å². The molecule has 0 saturated heterocycles. The number of hydrogen-bond donors (Lipinski definition) is 2. The number of rotatable bonds is 4. The molecular weight excluding hydrogens is 420 g/mol. The van der Waals surface area contributed by atoms with Gasteiger partial charge in [0, 0.05) is 10.4 Å². The average molecular weight is 434 g/mol. The lowest BCUT2D eigenvalue weighted by atomic mass is 10.0. The lowest BCUT2D eigenvalue weighted by Crippen LogP contribution is -2.29. The zero-order valence-corrected chi connectivity index (χ0v) is 17.1. The third kappa shape index (κ3) is 3.01. The number of carbonyl (C=O) groups is 3. The van der Waals surface area contributed by atoms with Crippen LogP contribution in [0.3, 0.4) is 0 Å². The summed E-state index contributed by atoms with van der Waals surface area (Å²) in [4.78, 5) is 38.9. The second kappa shape index (κ2) is 7.27. The van der Waals surface area contributed by atoms with Gasteiger partial charge in [-0.2, -0.15) is 5.26 Å². The maximum atomic E-state index is 13.0. The number of anilines is 1. The Balaban J connectivity index is 1.85. The largest absolute Gasteiger partial charge is 0.507 e. The number of carbonyl (C=O) groups excluding carboxylic acids is 2. The Morgan fingerprint density at radius 1 is 1.13 bits per heavy atom.